The minimum Gasteiger partial charge on any atom is -0.371 e. The summed E-state index contributed by atoms with van der Waals surface area (Å²) in [6, 6.07) is 6.39. The lowest BCUT2D eigenvalue weighted by Crippen LogP contribution is -2.18. The van der Waals surface area contributed by atoms with E-state index in [1.807, 2.05) is 5.38 Å². The van der Waals surface area contributed by atoms with Crippen molar-refractivity contribution in [2.75, 3.05) is 0 Å². The number of hydrogen-bond acceptors (Lipinski definition) is 3. The average Bonchev–Trinajstić information content (AvgIpc) is 2.85. The van der Waals surface area contributed by atoms with Crippen LogP contribution in [0.2, 0.25) is 0 Å². The molecule has 4 heteroatoms. The third-order valence-electron chi connectivity index (χ3n) is 2.94. The molecule has 0 amide bonds. The first-order valence-electron chi connectivity index (χ1n) is 6.63. The first-order valence-corrected chi connectivity index (χ1v) is 8.05. The van der Waals surface area contributed by atoms with Gasteiger partial charge in [-0.1, -0.05) is 12.1 Å². The number of nitrogens with zero attached hydrogens (tertiary/aromatic N) is 1. The van der Waals surface area contributed by atoms with Crippen molar-refractivity contribution < 1.29 is 4.74 Å². The van der Waals surface area contributed by atoms with Crippen molar-refractivity contribution in [2.24, 2.45) is 0 Å². The van der Waals surface area contributed by atoms with Gasteiger partial charge in [-0.25, -0.2) is 4.98 Å². The summed E-state index contributed by atoms with van der Waals surface area (Å²) in [5, 5.41) is 3.03. The van der Waals surface area contributed by atoms with E-state index in [1.165, 1.54) is 11.1 Å². The maximum Gasteiger partial charge on any atom is 0.123 e. The van der Waals surface area contributed by atoms with Crippen LogP contribution >= 0.6 is 22.9 Å². The van der Waals surface area contributed by atoms with Gasteiger partial charge in [0.1, 0.15) is 5.01 Å². The predicted octanol–water partition coefficient (Wildman–Crippen LogP) is 5.17. The summed E-state index contributed by atoms with van der Waals surface area (Å²) in [5.41, 5.74) is 4.41. The summed E-state index contributed by atoms with van der Waals surface area (Å²) in [6.07, 6.45) is 0. The molecular weight excluding hydrogens is 290 g/mol. The Morgan fingerprint density at radius 1 is 1.30 bits per heavy atom. The van der Waals surface area contributed by atoms with Crippen LogP contribution in [0.1, 0.15) is 37.6 Å². The highest BCUT2D eigenvalue weighted by Crippen LogP contribution is 2.27. The molecule has 0 aliphatic rings. The van der Waals surface area contributed by atoms with Crippen molar-refractivity contribution >= 4 is 22.9 Å². The third-order valence-corrected chi connectivity index (χ3v) is 4.15. The van der Waals surface area contributed by atoms with Gasteiger partial charge in [0.15, 0.2) is 0 Å². The number of alkyl halides is 1. The van der Waals surface area contributed by atoms with Gasteiger partial charge >= 0.3 is 0 Å². The Morgan fingerprint density at radius 2 is 2.05 bits per heavy atom. The highest BCUT2D eigenvalue weighted by atomic mass is 35.5. The highest BCUT2D eigenvalue weighted by molar-refractivity contribution is 7.13. The van der Waals surface area contributed by atoms with Gasteiger partial charge in [-0.2, -0.15) is 0 Å². The molecule has 0 N–H and O–H groups in total. The molecule has 1 heterocycles. The van der Waals surface area contributed by atoms with Crippen molar-refractivity contribution in [3.05, 3.63) is 40.4 Å². The number of ether oxygens (including phenoxy) is 1. The van der Waals surface area contributed by atoms with Gasteiger partial charge in [0.05, 0.1) is 23.8 Å². The molecule has 0 saturated carbocycles. The van der Waals surface area contributed by atoms with E-state index in [2.05, 4.69) is 50.9 Å². The number of rotatable bonds is 4. The number of halogens is 1. The van der Waals surface area contributed by atoms with Crippen LogP contribution in [0.5, 0.6) is 0 Å². The summed E-state index contributed by atoms with van der Waals surface area (Å²) in [6.45, 7) is 8.96. The summed E-state index contributed by atoms with van der Waals surface area (Å²) in [5.74, 6) is 0.465. The molecule has 2 rings (SSSR count). The van der Waals surface area contributed by atoms with E-state index in [1.54, 1.807) is 11.3 Å². The van der Waals surface area contributed by atoms with Crippen LogP contribution in [0, 0.1) is 6.92 Å². The molecule has 0 bridgehead atoms. The second kappa shape index (κ2) is 6.25. The molecule has 2 aromatic rings. The molecule has 1 aromatic carbocycles. The standard InChI is InChI=1S/C16H20ClNOS/c1-11-7-12(15-18-14(8-17)10-20-15)5-6-13(11)9-19-16(2,3)4/h5-7,10H,8-9H2,1-4H3. The van der Waals surface area contributed by atoms with E-state index in [-0.39, 0.29) is 5.60 Å². The third kappa shape index (κ3) is 4.05. The molecule has 0 fully saturated rings. The number of aromatic nitrogens is 1. The van der Waals surface area contributed by atoms with E-state index in [9.17, 15) is 0 Å². The Balaban J connectivity index is 2.17. The summed E-state index contributed by atoms with van der Waals surface area (Å²) >= 11 is 7.43. The van der Waals surface area contributed by atoms with Crippen LogP contribution in [-0.4, -0.2) is 10.6 Å². The molecule has 0 saturated heterocycles. The van der Waals surface area contributed by atoms with E-state index in [0.717, 1.165) is 16.3 Å². The molecule has 20 heavy (non-hydrogen) atoms. The van der Waals surface area contributed by atoms with Crippen LogP contribution in [-0.2, 0) is 17.2 Å². The molecule has 0 atom stereocenters. The van der Waals surface area contributed by atoms with Gasteiger partial charge in [-0.05, 0) is 44.9 Å². The second-order valence-electron chi connectivity index (χ2n) is 5.82. The predicted molar refractivity (Wildman–Crippen MR) is 86.4 cm³/mol. The van der Waals surface area contributed by atoms with Crippen LogP contribution in [0.4, 0.5) is 0 Å². The Bertz CT molecular complexity index is 586. The SMILES string of the molecule is Cc1cc(-c2nc(CCl)cs2)ccc1COC(C)(C)C. The molecular formula is C16H20ClNOS. The van der Waals surface area contributed by atoms with E-state index in [4.69, 9.17) is 16.3 Å². The Labute approximate surface area is 129 Å². The average molecular weight is 310 g/mol. The smallest absolute Gasteiger partial charge is 0.123 e. The summed E-state index contributed by atoms with van der Waals surface area (Å²) < 4.78 is 5.83. The topological polar surface area (TPSA) is 22.1 Å². The maximum absolute atomic E-state index is 5.83. The normalized spacial score (nSPS) is 11.8. The molecule has 2 nitrogen and oxygen atoms in total. The Hall–Kier alpha value is -0.900. The van der Waals surface area contributed by atoms with Gasteiger partial charge in [-0.15, -0.1) is 22.9 Å². The van der Waals surface area contributed by atoms with Crippen LogP contribution in [0.15, 0.2) is 23.6 Å². The number of benzene rings is 1. The lowest BCUT2D eigenvalue weighted by molar-refractivity contribution is -0.0151. The lowest BCUT2D eigenvalue weighted by Gasteiger charge is -2.20. The molecule has 1 aromatic heterocycles. The highest BCUT2D eigenvalue weighted by Gasteiger charge is 2.12. The minimum absolute atomic E-state index is 0.115. The number of aryl methyl sites for hydroxylation is 1. The van der Waals surface area contributed by atoms with E-state index < -0.39 is 0 Å². The second-order valence-corrected chi connectivity index (χ2v) is 6.95. The molecule has 0 unspecified atom stereocenters. The molecule has 0 aliphatic heterocycles. The van der Waals surface area contributed by atoms with Gasteiger partial charge in [-0.3, -0.25) is 0 Å². The zero-order chi connectivity index (χ0) is 14.8. The fourth-order valence-electron chi connectivity index (χ4n) is 1.79. The fraction of sp³-hybridized carbons (Fsp3) is 0.438. The van der Waals surface area contributed by atoms with Crippen LogP contribution < -0.4 is 0 Å². The monoisotopic (exact) mass is 309 g/mol. The quantitative estimate of drug-likeness (QED) is 0.727. The largest absolute Gasteiger partial charge is 0.371 e. The first-order chi connectivity index (χ1) is 9.39. The molecule has 0 spiro atoms. The van der Waals surface area contributed by atoms with Gasteiger partial charge in [0.25, 0.3) is 0 Å². The summed E-state index contributed by atoms with van der Waals surface area (Å²) in [4.78, 5) is 4.51. The zero-order valence-electron chi connectivity index (χ0n) is 12.4. The van der Waals surface area contributed by atoms with E-state index in [0.29, 0.717) is 12.5 Å². The van der Waals surface area contributed by atoms with Gasteiger partial charge < -0.3 is 4.74 Å². The number of thiazole rings is 1. The zero-order valence-corrected chi connectivity index (χ0v) is 13.9. The van der Waals surface area contributed by atoms with E-state index >= 15 is 0 Å². The maximum atomic E-state index is 5.83. The van der Waals surface area contributed by atoms with Crippen molar-refractivity contribution in [1.29, 1.82) is 0 Å². The van der Waals surface area contributed by atoms with Crippen LogP contribution in [0.3, 0.4) is 0 Å². The molecule has 108 valence electrons. The Morgan fingerprint density at radius 3 is 2.60 bits per heavy atom. The number of hydrogen-bond donors (Lipinski definition) is 0. The van der Waals surface area contributed by atoms with Crippen LogP contribution in [0.25, 0.3) is 10.6 Å². The summed E-state index contributed by atoms with van der Waals surface area (Å²) in [7, 11) is 0. The first kappa shape index (κ1) is 15.5. The minimum atomic E-state index is -0.115. The van der Waals surface area contributed by atoms with Gasteiger partial charge in [0, 0.05) is 10.9 Å². The van der Waals surface area contributed by atoms with Gasteiger partial charge in [0.2, 0.25) is 0 Å². The van der Waals surface area contributed by atoms with Crippen molar-refractivity contribution in [3.8, 4) is 10.6 Å². The van der Waals surface area contributed by atoms with Crippen molar-refractivity contribution in [1.82, 2.24) is 4.98 Å². The fourth-order valence-corrected chi connectivity index (χ4v) is 2.83. The van der Waals surface area contributed by atoms with Crippen molar-refractivity contribution in [3.63, 3.8) is 0 Å². The lowest BCUT2D eigenvalue weighted by atomic mass is 10.1. The van der Waals surface area contributed by atoms with Crippen molar-refractivity contribution in [2.45, 2.75) is 45.8 Å². The molecule has 0 aliphatic carbocycles. The molecule has 0 radical (unpaired) electrons. The Kier molecular flexibility index (Phi) is 4.84.